The highest BCUT2D eigenvalue weighted by Gasteiger charge is 2.00. The van der Waals surface area contributed by atoms with E-state index >= 15 is 0 Å². The monoisotopic (exact) mass is 197 g/mol. The van der Waals surface area contributed by atoms with Crippen LogP contribution in [-0.4, -0.2) is 28.0 Å². The van der Waals surface area contributed by atoms with Crippen LogP contribution < -0.4 is 5.32 Å². The summed E-state index contributed by atoms with van der Waals surface area (Å²) in [5.41, 5.74) is 1.19. The van der Waals surface area contributed by atoms with E-state index in [1.54, 1.807) is 0 Å². The van der Waals surface area contributed by atoms with E-state index in [2.05, 4.69) is 30.5 Å². The van der Waals surface area contributed by atoms with Gasteiger partial charge in [-0.2, -0.15) is 5.10 Å². The highest BCUT2D eigenvalue weighted by molar-refractivity contribution is 5.03. The van der Waals surface area contributed by atoms with Crippen LogP contribution in [0.4, 0.5) is 0 Å². The van der Waals surface area contributed by atoms with Crippen molar-refractivity contribution in [2.24, 2.45) is 0 Å². The molecule has 0 unspecified atom stereocenters. The topological polar surface area (TPSA) is 50.1 Å². The first kappa shape index (κ1) is 11.2. The summed E-state index contributed by atoms with van der Waals surface area (Å²) in [7, 11) is 0. The minimum atomic E-state index is 0.248. The molecule has 1 aromatic heterocycles. The summed E-state index contributed by atoms with van der Waals surface area (Å²) in [6, 6.07) is 0.418. The number of hydrogen-bond acceptors (Lipinski definition) is 3. The van der Waals surface area contributed by atoms with Crippen LogP contribution in [0.15, 0.2) is 12.4 Å². The first-order valence-electron chi connectivity index (χ1n) is 5.08. The average molecular weight is 197 g/mol. The van der Waals surface area contributed by atoms with Gasteiger partial charge in [-0.15, -0.1) is 0 Å². The van der Waals surface area contributed by atoms with Crippen LogP contribution in [0.1, 0.15) is 31.9 Å². The Bertz CT molecular complexity index is 258. The maximum Gasteiger partial charge on any atom is 0.0534 e. The molecule has 14 heavy (non-hydrogen) atoms. The van der Waals surface area contributed by atoms with Gasteiger partial charge >= 0.3 is 0 Å². The Morgan fingerprint density at radius 2 is 2.36 bits per heavy atom. The predicted molar refractivity (Wildman–Crippen MR) is 56.0 cm³/mol. The van der Waals surface area contributed by atoms with Crippen LogP contribution in [0.25, 0.3) is 0 Å². The van der Waals surface area contributed by atoms with Gasteiger partial charge in [0.15, 0.2) is 0 Å². The van der Waals surface area contributed by atoms with Crippen molar-refractivity contribution in [2.75, 3.05) is 13.2 Å². The van der Waals surface area contributed by atoms with E-state index in [0.29, 0.717) is 6.04 Å². The maximum atomic E-state index is 8.58. The number of nitrogens with zero attached hydrogens (tertiary/aromatic N) is 2. The van der Waals surface area contributed by atoms with Crippen LogP contribution in [0.3, 0.4) is 0 Å². The first-order chi connectivity index (χ1) is 6.74. The Balaban J connectivity index is 2.29. The molecule has 0 spiro atoms. The van der Waals surface area contributed by atoms with Gasteiger partial charge in [0.05, 0.1) is 6.20 Å². The standard InChI is InChI=1S/C10H19N3O/c1-9(2)13-8-10(7-12-13)6-11-4-3-5-14/h7-9,11,14H,3-6H2,1-2H3. The third kappa shape index (κ3) is 3.47. The molecule has 0 aliphatic heterocycles. The third-order valence-electron chi connectivity index (χ3n) is 2.02. The zero-order valence-corrected chi connectivity index (χ0v) is 8.90. The summed E-state index contributed by atoms with van der Waals surface area (Å²) in [6.45, 7) is 6.14. The molecule has 0 fully saturated rings. The van der Waals surface area contributed by atoms with Crippen molar-refractivity contribution < 1.29 is 5.11 Å². The van der Waals surface area contributed by atoms with Gasteiger partial charge in [-0.3, -0.25) is 4.68 Å². The maximum absolute atomic E-state index is 8.58. The van der Waals surface area contributed by atoms with E-state index in [9.17, 15) is 0 Å². The van der Waals surface area contributed by atoms with E-state index < -0.39 is 0 Å². The highest BCUT2D eigenvalue weighted by Crippen LogP contribution is 2.04. The predicted octanol–water partition coefficient (Wildman–Crippen LogP) is 0.936. The fourth-order valence-electron chi connectivity index (χ4n) is 1.19. The van der Waals surface area contributed by atoms with Crippen molar-refractivity contribution in [3.63, 3.8) is 0 Å². The molecule has 0 amide bonds. The van der Waals surface area contributed by atoms with Crippen molar-refractivity contribution in [1.82, 2.24) is 15.1 Å². The van der Waals surface area contributed by atoms with Gasteiger partial charge < -0.3 is 10.4 Å². The normalized spacial score (nSPS) is 11.1. The van der Waals surface area contributed by atoms with Gasteiger partial charge in [-0.1, -0.05) is 0 Å². The Hall–Kier alpha value is -0.870. The molecule has 0 saturated carbocycles. The summed E-state index contributed by atoms with van der Waals surface area (Å²) in [5, 5.41) is 16.1. The SMILES string of the molecule is CC(C)n1cc(CNCCCO)cn1. The van der Waals surface area contributed by atoms with Crippen LogP contribution in [0.5, 0.6) is 0 Å². The largest absolute Gasteiger partial charge is 0.396 e. The molecule has 4 heteroatoms. The van der Waals surface area contributed by atoms with Crippen molar-refractivity contribution >= 4 is 0 Å². The lowest BCUT2D eigenvalue weighted by Crippen LogP contribution is -2.15. The Morgan fingerprint density at radius 1 is 1.57 bits per heavy atom. The molecule has 0 aliphatic carbocycles. The Kier molecular flexibility index (Phi) is 4.62. The first-order valence-corrected chi connectivity index (χ1v) is 5.08. The second-order valence-electron chi connectivity index (χ2n) is 3.68. The Labute approximate surface area is 84.9 Å². The molecule has 0 aliphatic rings. The van der Waals surface area contributed by atoms with Gasteiger partial charge in [0.25, 0.3) is 0 Å². The second kappa shape index (κ2) is 5.78. The summed E-state index contributed by atoms with van der Waals surface area (Å²) >= 11 is 0. The molecule has 1 heterocycles. The van der Waals surface area contributed by atoms with E-state index in [4.69, 9.17) is 5.11 Å². The van der Waals surface area contributed by atoms with Crippen LogP contribution in [-0.2, 0) is 6.54 Å². The van der Waals surface area contributed by atoms with Crippen LogP contribution in [0, 0.1) is 0 Å². The second-order valence-corrected chi connectivity index (χ2v) is 3.68. The molecular weight excluding hydrogens is 178 g/mol. The summed E-state index contributed by atoms with van der Waals surface area (Å²) in [5.74, 6) is 0. The molecule has 1 aromatic rings. The zero-order chi connectivity index (χ0) is 10.4. The summed E-state index contributed by atoms with van der Waals surface area (Å²) < 4.78 is 1.95. The molecule has 0 saturated heterocycles. The minimum Gasteiger partial charge on any atom is -0.396 e. The molecule has 0 atom stereocenters. The summed E-state index contributed by atoms with van der Waals surface area (Å²) in [4.78, 5) is 0. The number of aliphatic hydroxyl groups is 1. The fraction of sp³-hybridized carbons (Fsp3) is 0.700. The quantitative estimate of drug-likeness (QED) is 0.667. The van der Waals surface area contributed by atoms with E-state index in [1.807, 2.05) is 10.9 Å². The highest BCUT2D eigenvalue weighted by atomic mass is 16.3. The van der Waals surface area contributed by atoms with Gasteiger partial charge in [0.2, 0.25) is 0 Å². The molecule has 2 N–H and O–H groups in total. The molecule has 0 radical (unpaired) electrons. The number of hydrogen-bond donors (Lipinski definition) is 2. The molecule has 1 rings (SSSR count). The number of nitrogens with one attached hydrogen (secondary N) is 1. The smallest absolute Gasteiger partial charge is 0.0534 e. The molecule has 80 valence electrons. The van der Waals surface area contributed by atoms with E-state index in [-0.39, 0.29) is 6.61 Å². The number of aromatic nitrogens is 2. The average Bonchev–Trinajstić information content (AvgIpc) is 2.61. The van der Waals surface area contributed by atoms with Gasteiger partial charge in [0, 0.05) is 31.0 Å². The Morgan fingerprint density at radius 3 is 2.93 bits per heavy atom. The van der Waals surface area contributed by atoms with E-state index in [1.165, 1.54) is 5.56 Å². The van der Waals surface area contributed by atoms with Crippen molar-refractivity contribution in [1.29, 1.82) is 0 Å². The van der Waals surface area contributed by atoms with E-state index in [0.717, 1.165) is 19.5 Å². The third-order valence-corrected chi connectivity index (χ3v) is 2.02. The fourth-order valence-corrected chi connectivity index (χ4v) is 1.19. The summed E-state index contributed by atoms with van der Waals surface area (Å²) in [6.07, 6.45) is 4.74. The van der Waals surface area contributed by atoms with Crippen molar-refractivity contribution in [3.05, 3.63) is 18.0 Å². The molecule has 4 nitrogen and oxygen atoms in total. The minimum absolute atomic E-state index is 0.248. The number of rotatable bonds is 6. The van der Waals surface area contributed by atoms with Gasteiger partial charge in [0.1, 0.15) is 0 Å². The van der Waals surface area contributed by atoms with Gasteiger partial charge in [-0.25, -0.2) is 0 Å². The van der Waals surface area contributed by atoms with Crippen LogP contribution in [0.2, 0.25) is 0 Å². The zero-order valence-electron chi connectivity index (χ0n) is 8.90. The molecular formula is C10H19N3O. The lowest BCUT2D eigenvalue weighted by Gasteiger charge is -2.03. The lowest BCUT2D eigenvalue weighted by molar-refractivity contribution is 0.286. The lowest BCUT2D eigenvalue weighted by atomic mass is 10.3. The van der Waals surface area contributed by atoms with Crippen molar-refractivity contribution in [2.45, 2.75) is 32.9 Å². The molecule has 0 bridgehead atoms. The van der Waals surface area contributed by atoms with Gasteiger partial charge in [-0.05, 0) is 26.8 Å². The number of aliphatic hydroxyl groups excluding tert-OH is 1. The van der Waals surface area contributed by atoms with Crippen LogP contribution >= 0.6 is 0 Å². The van der Waals surface area contributed by atoms with Crippen molar-refractivity contribution in [3.8, 4) is 0 Å². The molecule has 0 aromatic carbocycles.